The Morgan fingerprint density at radius 2 is 1.16 bits per heavy atom. The zero-order valence-corrected chi connectivity index (χ0v) is 35.6. The van der Waals surface area contributed by atoms with Crippen molar-refractivity contribution in [2.24, 2.45) is 5.92 Å². The first kappa shape index (κ1) is 37.1. The molecule has 2 nitrogen and oxygen atoms in total. The molecule has 62 heavy (non-hydrogen) atoms. The second-order valence-corrected chi connectivity index (χ2v) is 18.3. The lowest BCUT2D eigenvalue weighted by Crippen LogP contribution is -2.47. The molecular formula is C60H50N2. The molecule has 2 heteroatoms. The van der Waals surface area contributed by atoms with Crippen LogP contribution in [0.5, 0.6) is 0 Å². The molecule has 0 amide bonds. The molecule has 5 unspecified atom stereocenters. The Morgan fingerprint density at radius 1 is 0.532 bits per heavy atom. The fourth-order valence-electron chi connectivity index (χ4n) is 12.3. The minimum absolute atomic E-state index is 0.141. The molecular weight excluding hydrogens is 749 g/mol. The maximum absolute atomic E-state index is 5.52. The third-order valence-corrected chi connectivity index (χ3v) is 15.1. The second kappa shape index (κ2) is 14.5. The van der Waals surface area contributed by atoms with Gasteiger partial charge in [0.1, 0.15) is 0 Å². The summed E-state index contributed by atoms with van der Waals surface area (Å²) in [5.74, 6) is 1.76. The van der Waals surface area contributed by atoms with Gasteiger partial charge < -0.3 is 0 Å². The summed E-state index contributed by atoms with van der Waals surface area (Å²) in [7, 11) is 0. The first-order valence-electron chi connectivity index (χ1n) is 22.8. The van der Waals surface area contributed by atoms with Crippen molar-refractivity contribution in [2.75, 3.05) is 0 Å². The Morgan fingerprint density at radius 3 is 1.90 bits per heavy atom. The lowest BCUT2D eigenvalue weighted by molar-refractivity contribution is 0.424. The molecule has 5 aliphatic carbocycles. The molecule has 1 aromatic heterocycles. The lowest BCUT2D eigenvalue weighted by Gasteiger charge is -2.52. The van der Waals surface area contributed by atoms with E-state index >= 15 is 0 Å². The normalized spacial score (nSPS) is 24.2. The minimum Gasteiger partial charge on any atom is -0.232 e. The fraction of sp³-hybridized carbons (Fsp3) is 0.200. The highest BCUT2D eigenvalue weighted by Crippen LogP contribution is 2.67. The maximum atomic E-state index is 5.52. The number of benzene rings is 6. The number of allylic oxidation sites excluding steroid dienone is 8. The van der Waals surface area contributed by atoms with Crippen molar-refractivity contribution in [3.63, 3.8) is 0 Å². The second-order valence-electron chi connectivity index (χ2n) is 18.3. The number of fused-ring (bicyclic) bond motifs is 6. The van der Waals surface area contributed by atoms with Crippen LogP contribution < -0.4 is 0 Å². The van der Waals surface area contributed by atoms with Gasteiger partial charge in [-0.05, 0) is 111 Å². The van der Waals surface area contributed by atoms with E-state index in [0.717, 1.165) is 54.8 Å². The maximum Gasteiger partial charge on any atom is 0.159 e. The summed E-state index contributed by atoms with van der Waals surface area (Å²) in [5.41, 5.74) is 20.1. The average Bonchev–Trinajstić information content (AvgIpc) is 3.66. The van der Waals surface area contributed by atoms with E-state index in [2.05, 4.69) is 202 Å². The van der Waals surface area contributed by atoms with Gasteiger partial charge in [-0.25, -0.2) is 9.97 Å². The highest BCUT2D eigenvalue weighted by atomic mass is 14.9. The largest absolute Gasteiger partial charge is 0.232 e. The van der Waals surface area contributed by atoms with Gasteiger partial charge in [-0.2, -0.15) is 0 Å². The number of hydrogen-bond acceptors (Lipinski definition) is 2. The Kier molecular flexibility index (Phi) is 8.68. The predicted octanol–water partition coefficient (Wildman–Crippen LogP) is 14.6. The van der Waals surface area contributed by atoms with Crippen molar-refractivity contribution in [3.8, 4) is 22.4 Å². The van der Waals surface area contributed by atoms with Gasteiger partial charge in [0, 0.05) is 16.7 Å². The Bertz CT molecular complexity index is 3010. The van der Waals surface area contributed by atoms with E-state index in [1.165, 1.54) is 72.5 Å². The third kappa shape index (κ3) is 5.29. The molecule has 7 aromatic rings. The number of hydrogen-bond donors (Lipinski definition) is 0. The molecule has 0 aliphatic heterocycles. The minimum atomic E-state index is -0.444. The van der Waals surface area contributed by atoms with Crippen LogP contribution in [0.4, 0.5) is 0 Å². The van der Waals surface area contributed by atoms with E-state index in [-0.39, 0.29) is 5.92 Å². The Balaban J connectivity index is 1.03. The summed E-state index contributed by atoms with van der Waals surface area (Å²) in [6, 6.07) is 59.1. The molecule has 5 atom stereocenters. The molecule has 0 saturated carbocycles. The molecule has 0 radical (unpaired) electrons. The smallest absolute Gasteiger partial charge is 0.159 e. The van der Waals surface area contributed by atoms with Crippen molar-refractivity contribution in [2.45, 2.75) is 68.6 Å². The van der Waals surface area contributed by atoms with Crippen molar-refractivity contribution in [1.29, 1.82) is 0 Å². The van der Waals surface area contributed by atoms with E-state index in [1.807, 2.05) is 0 Å². The Labute approximate surface area is 366 Å². The topological polar surface area (TPSA) is 25.8 Å². The van der Waals surface area contributed by atoms with Gasteiger partial charge in [0.05, 0.1) is 22.2 Å². The van der Waals surface area contributed by atoms with Crippen LogP contribution in [0.1, 0.15) is 114 Å². The molecule has 300 valence electrons. The zero-order valence-electron chi connectivity index (χ0n) is 35.6. The van der Waals surface area contributed by atoms with Gasteiger partial charge in [-0.1, -0.05) is 202 Å². The Hall–Kier alpha value is -6.64. The van der Waals surface area contributed by atoms with Gasteiger partial charge in [0.2, 0.25) is 0 Å². The standard InChI is InChI=1S/C60H50N2/c1-39-29-30-40(2)56-54(39)57(43-33-31-42(32-34-43)41-17-6-3-7-18-41)62-58(61-56)44-35-37-47(38-36-44)59(45-19-8-4-9-20-45)51-26-14-15-27-52(51)60(46-21-10-5-11-22-46)50-25-13-12-23-48(50)49-24-16-28-53(59)55(49)60/h3-11,14-28,31-37,39-40,47H,12-13,29-30,38H2,1-2H3. The van der Waals surface area contributed by atoms with Crippen LogP contribution in [-0.2, 0) is 10.8 Å². The number of nitrogens with zero attached hydrogens (tertiary/aromatic N) is 2. The molecule has 0 fully saturated rings. The van der Waals surface area contributed by atoms with Crippen molar-refractivity contribution in [3.05, 3.63) is 250 Å². The summed E-state index contributed by atoms with van der Waals surface area (Å²) in [6.07, 6.45) is 17.7. The van der Waals surface area contributed by atoms with Gasteiger partial charge in [-0.15, -0.1) is 0 Å². The summed E-state index contributed by atoms with van der Waals surface area (Å²) in [5, 5.41) is 0. The molecule has 0 bridgehead atoms. The molecule has 5 aliphatic rings. The molecule has 0 spiro atoms. The number of aromatic nitrogens is 2. The summed E-state index contributed by atoms with van der Waals surface area (Å²) < 4.78 is 0. The summed E-state index contributed by atoms with van der Waals surface area (Å²) in [6.45, 7) is 4.71. The van der Waals surface area contributed by atoms with Crippen LogP contribution in [-0.4, -0.2) is 9.97 Å². The quantitative estimate of drug-likeness (QED) is 0.167. The van der Waals surface area contributed by atoms with Gasteiger partial charge in [-0.3, -0.25) is 0 Å². The first-order valence-corrected chi connectivity index (χ1v) is 22.8. The molecule has 12 rings (SSSR count). The number of rotatable bonds is 6. The highest BCUT2D eigenvalue weighted by molar-refractivity contribution is 5.97. The van der Waals surface area contributed by atoms with Crippen LogP contribution in [0.3, 0.4) is 0 Å². The van der Waals surface area contributed by atoms with Crippen LogP contribution in [0, 0.1) is 5.92 Å². The van der Waals surface area contributed by atoms with Crippen molar-refractivity contribution in [1.82, 2.24) is 9.97 Å². The third-order valence-electron chi connectivity index (χ3n) is 15.1. The summed E-state index contributed by atoms with van der Waals surface area (Å²) in [4.78, 5) is 11.0. The SMILES string of the molecule is CC1CCC(C)c2c(-c3ccc(-c4ccccc4)cc3)nc(C3=CCC(C4(c5ccccc5)c5ccccc5C5(c6ccccc6)C6=CCCC=C6c6cccc4c65)C=C3)nc21. The highest BCUT2D eigenvalue weighted by Gasteiger charge is 2.59. The molecule has 6 aromatic carbocycles. The molecule has 1 heterocycles. The van der Waals surface area contributed by atoms with Crippen molar-refractivity contribution < 1.29 is 0 Å². The fourth-order valence-corrected chi connectivity index (χ4v) is 12.3. The van der Waals surface area contributed by atoms with E-state index in [1.54, 1.807) is 0 Å². The van der Waals surface area contributed by atoms with Crippen molar-refractivity contribution >= 4 is 11.1 Å². The summed E-state index contributed by atoms with van der Waals surface area (Å²) >= 11 is 0. The van der Waals surface area contributed by atoms with E-state index < -0.39 is 10.8 Å². The average molecular weight is 799 g/mol. The van der Waals surface area contributed by atoms with Gasteiger partial charge >= 0.3 is 0 Å². The van der Waals surface area contributed by atoms with Crippen LogP contribution in [0.15, 0.2) is 194 Å². The monoisotopic (exact) mass is 798 g/mol. The molecule has 0 saturated heterocycles. The zero-order chi connectivity index (χ0) is 41.4. The van der Waals surface area contributed by atoms with Gasteiger partial charge in [0.25, 0.3) is 0 Å². The first-order chi connectivity index (χ1) is 30.6. The van der Waals surface area contributed by atoms with Crippen LogP contribution >= 0.6 is 0 Å². The van der Waals surface area contributed by atoms with E-state index in [0.29, 0.717) is 11.8 Å². The van der Waals surface area contributed by atoms with Crippen LogP contribution in [0.25, 0.3) is 33.5 Å². The van der Waals surface area contributed by atoms with E-state index in [9.17, 15) is 0 Å². The predicted molar refractivity (Wildman–Crippen MR) is 255 cm³/mol. The molecule has 0 N–H and O–H groups in total. The lowest BCUT2D eigenvalue weighted by atomic mass is 9.49. The van der Waals surface area contributed by atoms with Gasteiger partial charge in [0.15, 0.2) is 5.82 Å². The van der Waals surface area contributed by atoms with E-state index in [4.69, 9.17) is 9.97 Å². The van der Waals surface area contributed by atoms with Crippen LogP contribution in [0.2, 0.25) is 0 Å².